The Morgan fingerprint density at radius 3 is 2.61 bits per heavy atom. The molecule has 0 fully saturated rings. The summed E-state index contributed by atoms with van der Waals surface area (Å²) in [7, 11) is 1.59. The van der Waals surface area contributed by atoms with Gasteiger partial charge in [-0.05, 0) is 57.7 Å². The van der Waals surface area contributed by atoms with Crippen LogP contribution < -0.4 is 15.5 Å². The Bertz CT molecular complexity index is 1430. The van der Waals surface area contributed by atoms with Crippen LogP contribution in [0.4, 0.5) is 11.5 Å². The second-order valence-electron chi connectivity index (χ2n) is 9.45. The average molecular weight is 578 g/mol. The van der Waals surface area contributed by atoms with Gasteiger partial charge in [0.15, 0.2) is 5.82 Å². The van der Waals surface area contributed by atoms with Crippen LogP contribution in [0.2, 0.25) is 10.0 Å². The van der Waals surface area contributed by atoms with Crippen molar-refractivity contribution in [2.45, 2.75) is 33.2 Å². The number of benzene rings is 1. The van der Waals surface area contributed by atoms with Crippen LogP contribution in [-0.2, 0) is 4.79 Å². The molecule has 0 aliphatic carbocycles. The lowest BCUT2D eigenvalue weighted by molar-refractivity contribution is -0.112. The number of likely N-dealkylation sites (N-methyl/N-ethyl adjacent to an activating group) is 1. The number of anilines is 2. The van der Waals surface area contributed by atoms with E-state index in [9.17, 15) is 14.7 Å². The van der Waals surface area contributed by atoms with E-state index in [2.05, 4.69) is 25.8 Å². The quantitative estimate of drug-likeness (QED) is 0.141. The number of aliphatic hydroxyl groups excluding tert-OH is 1. The lowest BCUT2D eigenvalue weighted by Crippen LogP contribution is -2.45. The zero-order valence-electron chi connectivity index (χ0n) is 21.9. The number of carbonyl (C=O) groups is 2. The van der Waals surface area contributed by atoms with Crippen LogP contribution in [0.5, 0.6) is 0 Å². The van der Waals surface area contributed by atoms with Gasteiger partial charge < -0.3 is 20.6 Å². The number of H-pyrrole nitrogens is 1. The van der Waals surface area contributed by atoms with Crippen LogP contribution in [0.1, 0.15) is 38.1 Å². The maximum Gasteiger partial charge on any atom is 0.272 e. The van der Waals surface area contributed by atoms with E-state index in [1.54, 1.807) is 57.1 Å². The molecule has 0 saturated heterocycles. The van der Waals surface area contributed by atoms with Crippen molar-refractivity contribution in [2.24, 2.45) is 0 Å². The Morgan fingerprint density at radius 1 is 1.26 bits per heavy atom. The van der Waals surface area contributed by atoms with Gasteiger partial charge in [0.05, 0.1) is 33.0 Å². The molecular weight excluding hydrogens is 547 g/mol. The molecule has 0 saturated carbocycles. The van der Waals surface area contributed by atoms with Crippen LogP contribution in [-0.4, -0.2) is 56.7 Å². The summed E-state index contributed by atoms with van der Waals surface area (Å²) in [5, 5.41) is 24.2. The van der Waals surface area contributed by atoms with E-state index in [-0.39, 0.29) is 27.7 Å². The number of pyridine rings is 1. The summed E-state index contributed by atoms with van der Waals surface area (Å²) in [4.78, 5) is 33.0. The Balaban J connectivity index is 2.12. The van der Waals surface area contributed by atoms with Crippen molar-refractivity contribution in [3.8, 4) is 0 Å². The number of hydrogen-bond donors (Lipinski definition) is 4. The number of fused-ring (bicyclic) bond motifs is 1. The number of carbonyl (C=O) groups excluding carboxylic acids is 2. The topological polar surface area (TPSA) is 123 Å². The van der Waals surface area contributed by atoms with Gasteiger partial charge in [0.25, 0.3) is 11.8 Å². The van der Waals surface area contributed by atoms with E-state index in [0.29, 0.717) is 33.1 Å². The van der Waals surface area contributed by atoms with Gasteiger partial charge in [-0.15, -0.1) is 0 Å². The molecule has 2 aromatic heterocycles. The third-order valence-electron chi connectivity index (χ3n) is 5.55. The Labute approximate surface area is 235 Å². The fraction of sp³-hybridized carbons (Fsp3) is 0.308. The largest absolute Gasteiger partial charge is 0.508 e. The molecule has 2 amide bonds. The van der Waals surface area contributed by atoms with Crippen molar-refractivity contribution in [1.29, 1.82) is 0 Å². The zero-order chi connectivity index (χ0) is 28.2. The Morgan fingerprint density at radius 2 is 1.97 bits per heavy atom. The lowest BCUT2D eigenvalue weighted by Gasteiger charge is -2.26. The number of halogens is 2. The molecule has 0 aliphatic heterocycles. The molecule has 12 heteroatoms. The van der Waals surface area contributed by atoms with Crippen molar-refractivity contribution in [3.63, 3.8) is 0 Å². The molecule has 9 nitrogen and oxygen atoms in total. The molecule has 0 spiro atoms. The summed E-state index contributed by atoms with van der Waals surface area (Å²) >= 11 is 14.5. The maximum absolute atomic E-state index is 13.7. The van der Waals surface area contributed by atoms with E-state index in [1.807, 2.05) is 20.1 Å². The van der Waals surface area contributed by atoms with E-state index >= 15 is 0 Å². The zero-order valence-corrected chi connectivity index (χ0v) is 24.3. The van der Waals surface area contributed by atoms with Crippen molar-refractivity contribution < 1.29 is 14.7 Å². The van der Waals surface area contributed by atoms with E-state index < -0.39 is 17.4 Å². The molecule has 0 radical (unpaired) electrons. The number of nitrogens with one attached hydrogen (secondary N) is 3. The first-order chi connectivity index (χ1) is 17.9. The highest BCUT2D eigenvalue weighted by molar-refractivity contribution is 7.98. The molecule has 0 unspecified atom stereocenters. The first-order valence-electron chi connectivity index (χ1n) is 11.6. The highest BCUT2D eigenvalue weighted by Gasteiger charge is 2.28. The highest BCUT2D eigenvalue weighted by atomic mass is 35.5. The summed E-state index contributed by atoms with van der Waals surface area (Å²) in [6, 6.07) is 4.91. The minimum absolute atomic E-state index is 0.0131. The lowest BCUT2D eigenvalue weighted by atomic mass is 10.0. The van der Waals surface area contributed by atoms with Crippen LogP contribution in [0.3, 0.4) is 0 Å². The molecule has 3 aromatic rings. The molecule has 0 aliphatic rings. The number of aromatic nitrogens is 3. The molecule has 0 atom stereocenters. The van der Waals surface area contributed by atoms with Crippen LogP contribution in [0.15, 0.2) is 53.7 Å². The molecular formula is C26H30Cl2N6O3S. The molecule has 1 aromatic carbocycles. The van der Waals surface area contributed by atoms with Gasteiger partial charge in [0.1, 0.15) is 11.5 Å². The van der Waals surface area contributed by atoms with E-state index in [0.717, 1.165) is 0 Å². The Kier molecular flexibility index (Phi) is 9.35. The van der Waals surface area contributed by atoms with Gasteiger partial charge in [-0.25, -0.2) is 4.98 Å². The molecule has 38 heavy (non-hydrogen) atoms. The number of aromatic amines is 1. The Hall–Kier alpha value is -3.21. The fourth-order valence-electron chi connectivity index (χ4n) is 3.68. The van der Waals surface area contributed by atoms with Crippen LogP contribution >= 0.6 is 35.0 Å². The maximum atomic E-state index is 13.7. The molecule has 0 bridgehead atoms. The summed E-state index contributed by atoms with van der Waals surface area (Å²) in [5.74, 6) is -0.238. The number of nitrogens with zero attached hydrogens (tertiary/aromatic N) is 3. The second kappa shape index (κ2) is 12.1. The number of amides is 2. The van der Waals surface area contributed by atoms with Gasteiger partial charge in [-0.3, -0.25) is 14.7 Å². The molecule has 3 rings (SSSR count). The predicted octanol–water partition coefficient (Wildman–Crippen LogP) is 5.95. The smallest absolute Gasteiger partial charge is 0.272 e. The number of allylic oxidation sites excluding steroid dienone is 2. The van der Waals surface area contributed by atoms with Crippen LogP contribution in [0.25, 0.3) is 10.9 Å². The number of rotatable bonds is 9. The van der Waals surface area contributed by atoms with Crippen molar-refractivity contribution in [1.82, 2.24) is 20.5 Å². The summed E-state index contributed by atoms with van der Waals surface area (Å²) < 4.78 is 0. The highest BCUT2D eigenvalue weighted by Crippen LogP contribution is 2.34. The summed E-state index contributed by atoms with van der Waals surface area (Å²) in [5.41, 5.74) is 0.706. The van der Waals surface area contributed by atoms with E-state index in [4.69, 9.17) is 23.2 Å². The van der Waals surface area contributed by atoms with Crippen molar-refractivity contribution >= 4 is 69.2 Å². The number of aliphatic hydroxyl groups is 1. The van der Waals surface area contributed by atoms with Gasteiger partial charge in [0.2, 0.25) is 0 Å². The standard InChI is InChI=1S/C26H30Cl2N6O3S/c1-14(2)19(35)11-18(34(5)23-16(27)8-7-9-29-23)24(36)31-22-17(28)10-15-12-30-33-21(15)20(22)25(37)32-26(3,4)13-38-6/h7-12,35H,13H2,1-6H3,(H,30,33)(H,31,36)(H,32,37)/b18-11-. The minimum atomic E-state index is -0.653. The van der Waals surface area contributed by atoms with Gasteiger partial charge in [-0.2, -0.15) is 16.9 Å². The third-order valence-corrected chi connectivity index (χ3v) is 7.15. The third kappa shape index (κ3) is 6.61. The second-order valence-corrected chi connectivity index (χ2v) is 11.1. The van der Waals surface area contributed by atoms with Crippen LogP contribution in [0, 0.1) is 0 Å². The molecule has 202 valence electrons. The minimum Gasteiger partial charge on any atom is -0.508 e. The van der Waals surface area contributed by atoms with E-state index in [1.165, 1.54) is 17.2 Å². The number of hydrogen-bond acceptors (Lipinski definition) is 7. The van der Waals surface area contributed by atoms with Crippen molar-refractivity contribution in [2.75, 3.05) is 29.3 Å². The van der Waals surface area contributed by atoms with Gasteiger partial charge in [-0.1, -0.05) is 23.2 Å². The van der Waals surface area contributed by atoms with Gasteiger partial charge in [0, 0.05) is 36.0 Å². The number of thioether (sulfide) groups is 1. The van der Waals surface area contributed by atoms with Crippen molar-refractivity contribution in [3.05, 3.63) is 69.3 Å². The molecule has 2 heterocycles. The normalized spacial score (nSPS) is 11.8. The first-order valence-corrected chi connectivity index (χ1v) is 13.7. The SMILES string of the molecule is CSCC(C)(C)NC(=O)c1c(NC(=O)/C(=C/C(O)=C(C)C)N(C)c2ncccc2Cl)c(Cl)cc2cn[nH]c12. The predicted molar refractivity (Wildman–Crippen MR) is 156 cm³/mol. The molecule has 4 N–H and O–H groups in total. The average Bonchev–Trinajstić information content (AvgIpc) is 3.29. The fourth-order valence-corrected chi connectivity index (χ4v) is 4.98. The monoisotopic (exact) mass is 576 g/mol. The summed E-state index contributed by atoms with van der Waals surface area (Å²) in [6.45, 7) is 7.22. The summed E-state index contributed by atoms with van der Waals surface area (Å²) in [6.07, 6.45) is 6.34. The van der Waals surface area contributed by atoms with Gasteiger partial charge >= 0.3 is 0 Å². The first kappa shape index (κ1) is 29.3.